The van der Waals surface area contributed by atoms with Gasteiger partial charge in [0.05, 0.1) is 0 Å². The minimum atomic E-state index is 0.657. The number of terminal acetylenes is 1. The summed E-state index contributed by atoms with van der Waals surface area (Å²) >= 11 is 0. The molecule has 54 heavy (non-hydrogen) atoms. The number of allylic oxidation sites excluding steroid dienone is 10. The molecule has 1 rings (SSSR count). The Morgan fingerprint density at radius 1 is 0.667 bits per heavy atom. The fraction of sp³-hybridized carbons (Fsp3) is 0.593. The molecule has 316 valence electrons. The lowest BCUT2D eigenvalue weighted by Gasteiger charge is -2.05. The summed E-state index contributed by atoms with van der Waals surface area (Å²) in [6, 6.07) is 6.06. The van der Waals surface area contributed by atoms with Crippen molar-refractivity contribution in [3.05, 3.63) is 113 Å². The van der Waals surface area contributed by atoms with E-state index in [1.54, 1.807) is 0 Å². The maximum Gasteiger partial charge on any atom is 0.0277 e. The highest BCUT2D eigenvalue weighted by Crippen LogP contribution is 2.17. The predicted octanol–water partition coefficient (Wildman–Crippen LogP) is 19.7. The van der Waals surface area contributed by atoms with Crippen molar-refractivity contribution in [2.45, 2.75) is 204 Å². The summed E-state index contributed by atoms with van der Waals surface area (Å²) in [5.74, 6) is 4.29. The zero-order valence-corrected chi connectivity index (χ0v) is 41.3. The Bertz CT molecular complexity index is 1080. The van der Waals surface area contributed by atoms with Crippen LogP contribution in [0.2, 0.25) is 0 Å². The van der Waals surface area contributed by atoms with Crippen molar-refractivity contribution in [3.8, 4) is 12.3 Å². The molecular weight excluding hydrogens is 649 g/mol. The molecule has 1 aromatic carbocycles. The van der Waals surface area contributed by atoms with Gasteiger partial charge < -0.3 is 0 Å². The van der Waals surface area contributed by atoms with Gasteiger partial charge in [-0.25, -0.2) is 0 Å². The van der Waals surface area contributed by atoms with Crippen LogP contribution in [0.1, 0.15) is 213 Å². The van der Waals surface area contributed by atoms with Gasteiger partial charge in [-0.15, -0.1) is 13.0 Å². The maximum atomic E-state index is 5.40. The average Bonchev–Trinajstić information content (AvgIpc) is 3.13. The van der Waals surface area contributed by atoms with Gasteiger partial charge in [0, 0.05) is 5.56 Å². The van der Waals surface area contributed by atoms with E-state index in [0.29, 0.717) is 5.92 Å². The molecular formula is C54H100. The number of unbranched alkanes of at least 4 members (excludes halogenated alkanes) is 2. The van der Waals surface area contributed by atoms with E-state index >= 15 is 0 Å². The zero-order valence-electron chi connectivity index (χ0n) is 41.3. The van der Waals surface area contributed by atoms with Gasteiger partial charge in [-0.3, -0.25) is 0 Å². The van der Waals surface area contributed by atoms with Gasteiger partial charge in [-0.05, 0) is 96.9 Å². The Morgan fingerprint density at radius 2 is 1.04 bits per heavy atom. The second kappa shape index (κ2) is 56.7. The molecule has 0 fully saturated rings. The van der Waals surface area contributed by atoms with E-state index < -0.39 is 0 Å². The molecule has 0 bridgehead atoms. The van der Waals surface area contributed by atoms with Crippen LogP contribution in [-0.2, 0) is 0 Å². The van der Waals surface area contributed by atoms with Gasteiger partial charge in [0.15, 0.2) is 0 Å². The summed E-state index contributed by atoms with van der Waals surface area (Å²) < 4.78 is 0. The molecule has 0 aliphatic rings. The molecule has 0 spiro atoms. The summed E-state index contributed by atoms with van der Waals surface area (Å²) in [7, 11) is 0. The molecule has 0 heterocycles. The first-order valence-corrected chi connectivity index (χ1v) is 21.4. The van der Waals surface area contributed by atoms with E-state index in [1.165, 1.54) is 73.7 Å². The van der Waals surface area contributed by atoms with Gasteiger partial charge in [-0.1, -0.05) is 231 Å². The summed E-state index contributed by atoms with van der Waals surface area (Å²) in [6.45, 7) is 61.2. The largest absolute Gasteiger partial charge is 0.115 e. The monoisotopic (exact) mass is 749 g/mol. The summed E-state index contributed by atoms with van der Waals surface area (Å²) in [6.07, 6.45) is 24.3. The van der Waals surface area contributed by atoms with Crippen LogP contribution in [0.15, 0.2) is 96.7 Å². The van der Waals surface area contributed by atoms with Gasteiger partial charge >= 0.3 is 0 Å². The van der Waals surface area contributed by atoms with E-state index in [0.717, 1.165) is 33.8 Å². The lowest BCUT2D eigenvalue weighted by molar-refractivity contribution is 0.480. The fourth-order valence-electron chi connectivity index (χ4n) is 2.84. The van der Waals surface area contributed by atoms with Crippen molar-refractivity contribution in [2.24, 2.45) is 11.8 Å². The lowest BCUT2D eigenvalue weighted by Crippen LogP contribution is -1.91. The predicted molar refractivity (Wildman–Crippen MR) is 264 cm³/mol. The molecule has 0 saturated carbocycles. The van der Waals surface area contributed by atoms with Gasteiger partial charge in [-0.2, -0.15) is 0 Å². The number of hydrogen-bond donors (Lipinski definition) is 0. The van der Waals surface area contributed by atoms with Crippen molar-refractivity contribution in [2.75, 3.05) is 0 Å². The third-order valence-electron chi connectivity index (χ3n) is 7.09. The lowest BCUT2D eigenvalue weighted by atomic mass is 10.0. The first-order valence-electron chi connectivity index (χ1n) is 21.4. The molecule has 0 N–H and O–H groups in total. The Morgan fingerprint density at radius 3 is 1.28 bits per heavy atom. The van der Waals surface area contributed by atoms with Crippen LogP contribution >= 0.6 is 0 Å². The third kappa shape index (κ3) is 70.5. The molecule has 0 aliphatic carbocycles. The van der Waals surface area contributed by atoms with E-state index in [2.05, 4.69) is 121 Å². The first-order chi connectivity index (χ1) is 25.2. The molecule has 0 heteroatoms. The van der Waals surface area contributed by atoms with Crippen LogP contribution in [0.3, 0.4) is 0 Å². The normalized spacial score (nSPS) is 8.87. The number of rotatable bonds is 11. The van der Waals surface area contributed by atoms with Crippen LogP contribution in [-0.4, -0.2) is 0 Å². The topological polar surface area (TPSA) is 0 Å². The molecule has 0 aromatic heterocycles. The Labute approximate surface area is 345 Å². The van der Waals surface area contributed by atoms with Gasteiger partial charge in [0.1, 0.15) is 0 Å². The number of benzene rings is 1. The van der Waals surface area contributed by atoms with Crippen LogP contribution in [0.5, 0.6) is 0 Å². The molecule has 0 nitrogen and oxygen atoms in total. The Kier molecular flexibility index (Phi) is 72.4. The highest BCUT2D eigenvalue weighted by atomic mass is 14.0. The van der Waals surface area contributed by atoms with Gasteiger partial charge in [0.25, 0.3) is 0 Å². The minimum Gasteiger partial charge on any atom is -0.115 e. The quantitative estimate of drug-likeness (QED) is 0.120. The SMILES string of the molecule is C#Cc1cc(C(=C)/C=C\C)ccc1C.C=C(C)/C=C\C(C)=C(C)C.C=C(C)C.C=C(C)C(C)C.CC.CC.CCCC.CCCC.CCCC(C)CCC. The van der Waals surface area contributed by atoms with Crippen LogP contribution in [0, 0.1) is 31.1 Å². The third-order valence-corrected chi connectivity index (χ3v) is 7.09. The molecule has 0 saturated heterocycles. The standard InChI is InChI=1S/C14H14.C10H16.C8H18.C6H12.C4H8.2C4H10.2C2H6/c1-5-7-11(3)14-9-8-12(4)13(6-2)10-14;1-8(2)6-7-10(5)9(3)4;1-4-6-8(3)7-5-2;1-5(2)6(3)4;1-4(2)3;2*1-3-4-2;2*1-2/h2,5,7-10H,3H2,1,4H3;6-7H,1H2,2-5H3;8H,4-7H2,1-3H3;6H,1H2,2-4H3;1H2,2-3H3;2*3-4H2,1-2H3;2*1-2H3/b7-5-;7-6-;;;;;;;. The molecule has 0 aliphatic heterocycles. The van der Waals surface area contributed by atoms with Crippen LogP contribution in [0.25, 0.3) is 5.57 Å². The molecule has 1 aromatic rings. The highest BCUT2D eigenvalue weighted by Gasteiger charge is 1.99. The summed E-state index contributed by atoms with van der Waals surface area (Å²) in [5.41, 5.74) is 10.3. The van der Waals surface area contributed by atoms with Crippen LogP contribution < -0.4 is 0 Å². The van der Waals surface area contributed by atoms with Crippen molar-refractivity contribution in [3.63, 3.8) is 0 Å². The molecule has 0 radical (unpaired) electrons. The van der Waals surface area contributed by atoms with Crippen molar-refractivity contribution in [1.82, 2.24) is 0 Å². The zero-order chi connectivity index (χ0) is 44.7. The van der Waals surface area contributed by atoms with E-state index in [1.807, 2.05) is 106 Å². The van der Waals surface area contributed by atoms with E-state index in [9.17, 15) is 0 Å². The van der Waals surface area contributed by atoms with Crippen molar-refractivity contribution in [1.29, 1.82) is 0 Å². The first kappa shape index (κ1) is 68.9. The van der Waals surface area contributed by atoms with Crippen molar-refractivity contribution >= 4 is 5.57 Å². The fourth-order valence-corrected chi connectivity index (χ4v) is 2.84. The minimum absolute atomic E-state index is 0.657. The molecule has 0 amide bonds. The average molecular weight is 749 g/mol. The van der Waals surface area contributed by atoms with Crippen molar-refractivity contribution < 1.29 is 0 Å². The molecule has 0 unspecified atom stereocenters. The number of hydrogen-bond acceptors (Lipinski definition) is 0. The maximum absolute atomic E-state index is 5.40. The summed E-state index contributed by atoms with van der Waals surface area (Å²) in [5, 5.41) is 0. The second-order valence-electron chi connectivity index (χ2n) is 14.0. The molecule has 0 atom stereocenters. The summed E-state index contributed by atoms with van der Waals surface area (Å²) in [4.78, 5) is 0. The highest BCUT2D eigenvalue weighted by molar-refractivity contribution is 5.73. The Hall–Kier alpha value is -3.04. The Balaban J connectivity index is -0.0000000789. The smallest absolute Gasteiger partial charge is 0.0277 e. The van der Waals surface area contributed by atoms with Crippen LogP contribution in [0.4, 0.5) is 0 Å². The second-order valence-corrected chi connectivity index (χ2v) is 14.0. The number of aryl methyl sites for hydroxylation is 1. The van der Waals surface area contributed by atoms with Gasteiger partial charge in [0.2, 0.25) is 0 Å². The van der Waals surface area contributed by atoms with E-state index in [-0.39, 0.29) is 0 Å². The van der Waals surface area contributed by atoms with E-state index in [4.69, 9.17) is 6.42 Å².